The Bertz CT molecular complexity index is 508. The SMILES string of the molecule is CCOC(=O)CCCNC(Cc1cccs1)c1cccs1. The first kappa shape index (κ1) is 16.2. The van der Waals surface area contributed by atoms with E-state index in [-0.39, 0.29) is 5.97 Å². The van der Waals surface area contributed by atoms with Gasteiger partial charge in [0.25, 0.3) is 0 Å². The molecular formula is C16H21NO2S2. The third-order valence-electron chi connectivity index (χ3n) is 3.13. The molecule has 114 valence electrons. The fraction of sp³-hybridized carbons (Fsp3) is 0.438. The van der Waals surface area contributed by atoms with Crippen LogP contribution in [0.25, 0.3) is 0 Å². The second kappa shape index (κ2) is 8.97. The van der Waals surface area contributed by atoms with Gasteiger partial charge in [-0.15, -0.1) is 22.7 Å². The molecule has 0 saturated heterocycles. The van der Waals surface area contributed by atoms with E-state index in [1.807, 2.05) is 6.92 Å². The Balaban J connectivity index is 1.81. The summed E-state index contributed by atoms with van der Waals surface area (Å²) in [5.74, 6) is -0.106. The Morgan fingerprint density at radius 1 is 1.29 bits per heavy atom. The number of ether oxygens (including phenoxy) is 1. The predicted octanol–water partition coefficient (Wildman–Crippen LogP) is 4.03. The molecule has 2 aromatic heterocycles. The molecule has 2 heterocycles. The summed E-state index contributed by atoms with van der Waals surface area (Å²) in [6.45, 7) is 3.12. The summed E-state index contributed by atoms with van der Waals surface area (Å²) < 4.78 is 4.94. The molecule has 0 amide bonds. The molecule has 1 N–H and O–H groups in total. The van der Waals surface area contributed by atoms with Crippen LogP contribution >= 0.6 is 22.7 Å². The lowest BCUT2D eigenvalue weighted by atomic mass is 10.1. The zero-order valence-corrected chi connectivity index (χ0v) is 13.8. The van der Waals surface area contributed by atoms with Gasteiger partial charge in [0.15, 0.2) is 0 Å². The third kappa shape index (κ3) is 5.61. The molecular weight excluding hydrogens is 302 g/mol. The molecule has 2 rings (SSSR count). The van der Waals surface area contributed by atoms with Crippen LogP contribution in [0.2, 0.25) is 0 Å². The van der Waals surface area contributed by atoms with Gasteiger partial charge in [0.2, 0.25) is 0 Å². The molecule has 5 heteroatoms. The monoisotopic (exact) mass is 323 g/mol. The van der Waals surface area contributed by atoms with E-state index < -0.39 is 0 Å². The highest BCUT2D eigenvalue weighted by Crippen LogP contribution is 2.24. The Kier molecular flexibility index (Phi) is 6.92. The van der Waals surface area contributed by atoms with Crippen LogP contribution in [0.15, 0.2) is 35.0 Å². The Hall–Kier alpha value is -1.17. The van der Waals surface area contributed by atoms with Crippen molar-refractivity contribution in [2.75, 3.05) is 13.2 Å². The number of rotatable bonds is 9. The van der Waals surface area contributed by atoms with Crippen LogP contribution in [-0.4, -0.2) is 19.1 Å². The fourth-order valence-corrected chi connectivity index (χ4v) is 3.69. The zero-order chi connectivity index (χ0) is 14.9. The Morgan fingerprint density at radius 3 is 2.76 bits per heavy atom. The standard InChI is InChI=1S/C16H21NO2S2/c1-2-19-16(18)8-3-9-17-14(15-7-5-11-21-15)12-13-6-4-10-20-13/h4-7,10-11,14,17H,2-3,8-9,12H2,1H3. The number of thiophene rings is 2. The second-order valence-electron chi connectivity index (χ2n) is 4.71. The van der Waals surface area contributed by atoms with Crippen molar-refractivity contribution in [3.8, 4) is 0 Å². The van der Waals surface area contributed by atoms with Crippen LogP contribution < -0.4 is 5.32 Å². The average Bonchev–Trinajstić information content (AvgIpc) is 3.15. The van der Waals surface area contributed by atoms with Gasteiger partial charge in [0.1, 0.15) is 0 Å². The maximum atomic E-state index is 11.3. The number of esters is 1. The van der Waals surface area contributed by atoms with Crippen LogP contribution in [0.1, 0.15) is 35.6 Å². The fourth-order valence-electron chi connectivity index (χ4n) is 2.13. The van der Waals surface area contributed by atoms with Crippen molar-refractivity contribution in [2.45, 2.75) is 32.2 Å². The summed E-state index contributed by atoms with van der Waals surface area (Å²) in [5, 5.41) is 7.79. The van der Waals surface area contributed by atoms with E-state index in [2.05, 4.69) is 40.3 Å². The third-order valence-corrected chi connectivity index (χ3v) is 5.01. The molecule has 0 aliphatic rings. The van der Waals surface area contributed by atoms with Gasteiger partial charge < -0.3 is 10.1 Å². The lowest BCUT2D eigenvalue weighted by molar-refractivity contribution is -0.143. The highest BCUT2D eigenvalue weighted by Gasteiger charge is 2.13. The highest BCUT2D eigenvalue weighted by atomic mass is 32.1. The first-order chi connectivity index (χ1) is 10.3. The maximum absolute atomic E-state index is 11.3. The minimum absolute atomic E-state index is 0.106. The molecule has 21 heavy (non-hydrogen) atoms. The van der Waals surface area contributed by atoms with Crippen LogP contribution in [0, 0.1) is 0 Å². The molecule has 3 nitrogen and oxygen atoms in total. The minimum atomic E-state index is -0.106. The summed E-state index contributed by atoms with van der Waals surface area (Å²) in [4.78, 5) is 14.1. The Labute approximate surface area is 134 Å². The summed E-state index contributed by atoms with van der Waals surface area (Å²) in [6, 6.07) is 8.84. The molecule has 0 fully saturated rings. The van der Waals surface area contributed by atoms with Crippen molar-refractivity contribution < 1.29 is 9.53 Å². The number of hydrogen-bond acceptors (Lipinski definition) is 5. The average molecular weight is 323 g/mol. The molecule has 0 aromatic carbocycles. The van der Waals surface area contributed by atoms with E-state index in [0.717, 1.165) is 19.4 Å². The largest absolute Gasteiger partial charge is 0.466 e. The second-order valence-corrected chi connectivity index (χ2v) is 6.73. The zero-order valence-electron chi connectivity index (χ0n) is 12.2. The summed E-state index contributed by atoms with van der Waals surface area (Å²) in [6.07, 6.45) is 2.29. The Morgan fingerprint density at radius 2 is 2.10 bits per heavy atom. The van der Waals surface area contributed by atoms with Gasteiger partial charge in [0, 0.05) is 28.6 Å². The van der Waals surface area contributed by atoms with Crippen molar-refractivity contribution in [1.29, 1.82) is 0 Å². The summed E-state index contributed by atoms with van der Waals surface area (Å²) in [5.41, 5.74) is 0. The number of carbonyl (C=O) groups is 1. The quantitative estimate of drug-likeness (QED) is 0.559. The van der Waals surface area contributed by atoms with Gasteiger partial charge in [-0.05, 0) is 42.8 Å². The van der Waals surface area contributed by atoms with Crippen molar-refractivity contribution in [3.63, 3.8) is 0 Å². The summed E-state index contributed by atoms with van der Waals surface area (Å²) >= 11 is 3.57. The van der Waals surface area contributed by atoms with Crippen molar-refractivity contribution in [2.24, 2.45) is 0 Å². The molecule has 0 radical (unpaired) electrons. The minimum Gasteiger partial charge on any atom is -0.466 e. The van der Waals surface area contributed by atoms with E-state index in [0.29, 0.717) is 19.1 Å². The van der Waals surface area contributed by atoms with E-state index in [4.69, 9.17) is 4.74 Å². The molecule has 0 aliphatic carbocycles. The molecule has 2 aromatic rings. The molecule has 0 spiro atoms. The molecule has 0 aliphatic heterocycles. The molecule has 1 atom stereocenters. The number of nitrogens with one attached hydrogen (secondary N) is 1. The maximum Gasteiger partial charge on any atom is 0.305 e. The van der Waals surface area contributed by atoms with E-state index in [1.165, 1.54) is 9.75 Å². The molecule has 0 bridgehead atoms. The van der Waals surface area contributed by atoms with E-state index in [1.54, 1.807) is 22.7 Å². The topological polar surface area (TPSA) is 38.3 Å². The van der Waals surface area contributed by atoms with Gasteiger partial charge in [0.05, 0.1) is 6.61 Å². The number of hydrogen-bond donors (Lipinski definition) is 1. The lowest BCUT2D eigenvalue weighted by Crippen LogP contribution is -2.24. The van der Waals surface area contributed by atoms with Gasteiger partial charge in [-0.25, -0.2) is 0 Å². The van der Waals surface area contributed by atoms with Crippen LogP contribution in [0.3, 0.4) is 0 Å². The first-order valence-corrected chi connectivity index (χ1v) is 9.00. The predicted molar refractivity (Wildman–Crippen MR) is 89.0 cm³/mol. The van der Waals surface area contributed by atoms with E-state index in [9.17, 15) is 4.79 Å². The van der Waals surface area contributed by atoms with Crippen molar-refractivity contribution in [3.05, 3.63) is 44.8 Å². The smallest absolute Gasteiger partial charge is 0.305 e. The lowest BCUT2D eigenvalue weighted by Gasteiger charge is -2.16. The van der Waals surface area contributed by atoms with Crippen LogP contribution in [0.4, 0.5) is 0 Å². The van der Waals surface area contributed by atoms with E-state index >= 15 is 0 Å². The first-order valence-electron chi connectivity index (χ1n) is 7.24. The summed E-state index contributed by atoms with van der Waals surface area (Å²) in [7, 11) is 0. The van der Waals surface area contributed by atoms with Crippen molar-refractivity contribution >= 4 is 28.6 Å². The van der Waals surface area contributed by atoms with Gasteiger partial charge in [-0.1, -0.05) is 12.1 Å². The van der Waals surface area contributed by atoms with Gasteiger partial charge in [-0.3, -0.25) is 4.79 Å². The normalized spacial score (nSPS) is 12.2. The number of carbonyl (C=O) groups excluding carboxylic acids is 1. The van der Waals surface area contributed by atoms with Crippen LogP contribution in [-0.2, 0) is 16.0 Å². The molecule has 1 unspecified atom stereocenters. The highest BCUT2D eigenvalue weighted by molar-refractivity contribution is 7.10. The van der Waals surface area contributed by atoms with Crippen molar-refractivity contribution in [1.82, 2.24) is 5.32 Å². The molecule has 0 saturated carbocycles. The van der Waals surface area contributed by atoms with Gasteiger partial charge >= 0.3 is 5.97 Å². The van der Waals surface area contributed by atoms with Crippen LogP contribution in [0.5, 0.6) is 0 Å². The van der Waals surface area contributed by atoms with Gasteiger partial charge in [-0.2, -0.15) is 0 Å².